The van der Waals surface area contributed by atoms with Crippen LogP contribution in [-0.4, -0.2) is 38.8 Å². The van der Waals surface area contributed by atoms with Crippen molar-refractivity contribution >= 4 is 34.4 Å². The zero-order valence-electron chi connectivity index (χ0n) is 20.8. The van der Waals surface area contributed by atoms with Crippen LogP contribution in [0, 0.1) is 29.0 Å². The lowest BCUT2D eigenvalue weighted by Gasteiger charge is -2.57. The molecule has 1 aliphatic heterocycles. The summed E-state index contributed by atoms with van der Waals surface area (Å²) in [5, 5.41) is 9.99. The SMILES string of the molecule is O=C(NCc1ccc2oc(=O)[nH]c2c1)C1=Nc2c(F)cnn2C(C(=O)NCC23CC4CC(CC(C4)C2)C3)C1. The molecule has 198 valence electrons. The van der Waals surface area contributed by atoms with Crippen LogP contribution in [-0.2, 0) is 16.1 Å². The fourth-order valence-corrected chi connectivity index (χ4v) is 7.75. The number of hydrogen-bond acceptors (Lipinski definition) is 6. The monoisotopic (exact) mass is 520 g/mol. The molecule has 1 atom stereocenters. The highest BCUT2D eigenvalue weighted by molar-refractivity contribution is 6.40. The lowest BCUT2D eigenvalue weighted by atomic mass is 9.49. The van der Waals surface area contributed by atoms with Gasteiger partial charge in [0.2, 0.25) is 5.91 Å². The van der Waals surface area contributed by atoms with Gasteiger partial charge in [0, 0.05) is 19.5 Å². The second-order valence-electron chi connectivity index (χ2n) is 11.7. The van der Waals surface area contributed by atoms with Crippen LogP contribution in [0.2, 0.25) is 0 Å². The fourth-order valence-electron chi connectivity index (χ4n) is 7.75. The number of aromatic amines is 1. The van der Waals surface area contributed by atoms with Gasteiger partial charge in [0.1, 0.15) is 11.8 Å². The van der Waals surface area contributed by atoms with Crippen molar-refractivity contribution in [2.24, 2.45) is 28.2 Å². The lowest BCUT2D eigenvalue weighted by Crippen LogP contribution is -2.52. The summed E-state index contributed by atoms with van der Waals surface area (Å²) in [5.41, 5.74) is 1.92. The van der Waals surface area contributed by atoms with E-state index in [0.29, 0.717) is 17.6 Å². The van der Waals surface area contributed by atoms with Gasteiger partial charge in [-0.15, -0.1) is 0 Å². The first-order valence-corrected chi connectivity index (χ1v) is 13.3. The molecule has 0 spiro atoms. The van der Waals surface area contributed by atoms with E-state index in [1.54, 1.807) is 18.2 Å². The Labute approximate surface area is 217 Å². The van der Waals surface area contributed by atoms with E-state index in [1.807, 2.05) is 0 Å². The number of rotatable bonds is 6. The van der Waals surface area contributed by atoms with Crippen LogP contribution in [0.4, 0.5) is 10.2 Å². The maximum atomic E-state index is 14.5. The molecular weight excluding hydrogens is 491 g/mol. The largest absolute Gasteiger partial charge is 0.417 e. The second kappa shape index (κ2) is 8.64. The summed E-state index contributed by atoms with van der Waals surface area (Å²) in [5.74, 6) is 0.224. The number of amides is 2. The third-order valence-corrected chi connectivity index (χ3v) is 8.95. The summed E-state index contributed by atoms with van der Waals surface area (Å²) in [4.78, 5) is 44.6. The number of fused-ring (bicyclic) bond motifs is 2. The van der Waals surface area contributed by atoms with Crippen LogP contribution in [0.5, 0.6) is 0 Å². The van der Waals surface area contributed by atoms with E-state index in [1.165, 1.54) is 43.2 Å². The fraction of sp³-hybridized carbons (Fsp3) is 0.519. The summed E-state index contributed by atoms with van der Waals surface area (Å²) in [7, 11) is 0. The van der Waals surface area contributed by atoms with Crippen molar-refractivity contribution in [1.82, 2.24) is 25.4 Å². The number of carbonyl (C=O) groups is 2. The summed E-state index contributed by atoms with van der Waals surface area (Å²) >= 11 is 0. The van der Waals surface area contributed by atoms with Crippen molar-refractivity contribution in [1.29, 1.82) is 0 Å². The Balaban J connectivity index is 1.05. The Morgan fingerprint density at radius 1 is 1.13 bits per heavy atom. The molecule has 4 saturated carbocycles. The van der Waals surface area contributed by atoms with E-state index in [2.05, 4.69) is 25.7 Å². The molecule has 2 amide bonds. The third-order valence-electron chi connectivity index (χ3n) is 8.95. The van der Waals surface area contributed by atoms with Crippen molar-refractivity contribution in [3.8, 4) is 0 Å². The molecule has 4 bridgehead atoms. The number of carbonyl (C=O) groups excluding carboxylic acids is 2. The van der Waals surface area contributed by atoms with Gasteiger partial charge in [0.25, 0.3) is 5.91 Å². The Hall–Kier alpha value is -3.76. The maximum Gasteiger partial charge on any atom is 0.417 e. The zero-order chi connectivity index (χ0) is 26.0. The van der Waals surface area contributed by atoms with E-state index < -0.39 is 23.5 Å². The standard InChI is InChI=1S/C27H29FN6O4/c28-18-12-31-34-21(25(36)30-13-27-8-15-3-16(9-27)5-17(4-15)10-27)7-20(32-23(18)34)24(35)29-11-14-1-2-22-19(6-14)33-26(37)38-22/h1-2,6,12,15-17,21H,3-5,7-11,13H2,(H,29,35)(H,30,36)(H,33,37). The minimum atomic E-state index is -0.853. The van der Waals surface area contributed by atoms with Crippen molar-refractivity contribution in [2.45, 2.75) is 57.5 Å². The molecule has 8 rings (SSSR count). The second-order valence-corrected chi connectivity index (χ2v) is 11.7. The molecule has 5 aliphatic rings. The van der Waals surface area contributed by atoms with Crippen LogP contribution in [0.1, 0.15) is 56.6 Å². The number of aromatic nitrogens is 3. The topological polar surface area (TPSA) is 134 Å². The highest BCUT2D eigenvalue weighted by Crippen LogP contribution is 2.59. The molecule has 4 fully saturated rings. The highest BCUT2D eigenvalue weighted by atomic mass is 19.1. The quantitative estimate of drug-likeness (QED) is 0.459. The Morgan fingerprint density at radius 3 is 2.61 bits per heavy atom. The summed E-state index contributed by atoms with van der Waals surface area (Å²) in [6.07, 6.45) is 8.52. The number of hydrogen-bond donors (Lipinski definition) is 3. The number of halogens is 1. The predicted molar refractivity (Wildman–Crippen MR) is 135 cm³/mol. The summed E-state index contributed by atoms with van der Waals surface area (Å²) in [6, 6.07) is 4.23. The van der Waals surface area contributed by atoms with Gasteiger partial charge in [-0.25, -0.2) is 18.9 Å². The van der Waals surface area contributed by atoms with Crippen LogP contribution >= 0.6 is 0 Å². The van der Waals surface area contributed by atoms with Crippen LogP contribution in [0.3, 0.4) is 0 Å². The van der Waals surface area contributed by atoms with Crippen molar-refractivity contribution in [3.63, 3.8) is 0 Å². The summed E-state index contributed by atoms with van der Waals surface area (Å²) < 4.78 is 20.8. The van der Waals surface area contributed by atoms with E-state index in [9.17, 15) is 18.8 Å². The van der Waals surface area contributed by atoms with Gasteiger partial charge in [-0.1, -0.05) is 6.07 Å². The average Bonchev–Trinajstić information content (AvgIpc) is 3.45. The highest BCUT2D eigenvalue weighted by Gasteiger charge is 2.51. The Morgan fingerprint density at radius 2 is 1.87 bits per heavy atom. The van der Waals surface area contributed by atoms with E-state index in [-0.39, 0.29) is 35.8 Å². The van der Waals surface area contributed by atoms with Crippen molar-refractivity contribution in [2.75, 3.05) is 6.54 Å². The summed E-state index contributed by atoms with van der Waals surface area (Å²) in [6.45, 7) is 0.772. The van der Waals surface area contributed by atoms with Gasteiger partial charge in [-0.05, 0) is 79.4 Å². The lowest BCUT2D eigenvalue weighted by molar-refractivity contribution is -0.126. The van der Waals surface area contributed by atoms with E-state index >= 15 is 0 Å². The Kier molecular flexibility index (Phi) is 5.31. The van der Waals surface area contributed by atoms with Crippen LogP contribution in [0.15, 0.2) is 38.6 Å². The van der Waals surface area contributed by atoms with Gasteiger partial charge >= 0.3 is 5.76 Å². The van der Waals surface area contributed by atoms with Gasteiger partial charge in [0.05, 0.1) is 11.7 Å². The normalized spacial score (nSPS) is 29.2. The molecule has 1 unspecified atom stereocenters. The zero-order valence-corrected chi connectivity index (χ0v) is 20.8. The number of nitrogens with zero attached hydrogens (tertiary/aromatic N) is 3. The first-order chi connectivity index (χ1) is 18.3. The third kappa shape index (κ3) is 4.04. The number of aliphatic imine (C=N–C) groups is 1. The molecule has 11 heteroatoms. The van der Waals surface area contributed by atoms with Crippen LogP contribution in [0.25, 0.3) is 11.1 Å². The molecule has 1 aromatic carbocycles. The molecule has 2 aromatic heterocycles. The number of benzene rings is 1. The average molecular weight is 521 g/mol. The van der Waals surface area contributed by atoms with E-state index in [0.717, 1.165) is 29.5 Å². The molecule has 38 heavy (non-hydrogen) atoms. The van der Waals surface area contributed by atoms with Crippen molar-refractivity contribution in [3.05, 3.63) is 46.3 Å². The minimum Gasteiger partial charge on any atom is -0.408 e. The van der Waals surface area contributed by atoms with Gasteiger partial charge in [-0.3, -0.25) is 14.6 Å². The number of H-pyrrole nitrogens is 1. The van der Waals surface area contributed by atoms with Gasteiger partial charge < -0.3 is 15.1 Å². The molecule has 0 saturated heterocycles. The molecule has 4 aliphatic carbocycles. The van der Waals surface area contributed by atoms with E-state index in [4.69, 9.17) is 4.42 Å². The molecular formula is C27H29FN6O4. The molecule has 0 radical (unpaired) electrons. The smallest absolute Gasteiger partial charge is 0.408 e. The maximum absolute atomic E-state index is 14.5. The minimum absolute atomic E-state index is 0.0146. The molecule has 3 aromatic rings. The predicted octanol–water partition coefficient (Wildman–Crippen LogP) is 3.12. The first-order valence-electron chi connectivity index (χ1n) is 13.3. The molecule has 3 heterocycles. The number of nitrogens with one attached hydrogen (secondary N) is 3. The number of oxazole rings is 1. The molecule has 10 nitrogen and oxygen atoms in total. The van der Waals surface area contributed by atoms with Gasteiger partial charge in [0.15, 0.2) is 17.2 Å². The first kappa shape index (κ1) is 23.4. The molecule has 3 N–H and O–H groups in total. The van der Waals surface area contributed by atoms with Crippen LogP contribution < -0.4 is 16.4 Å². The van der Waals surface area contributed by atoms with Crippen molar-refractivity contribution < 1.29 is 18.4 Å². The van der Waals surface area contributed by atoms with Gasteiger partial charge in [-0.2, -0.15) is 5.10 Å². The Bertz CT molecular complexity index is 1500.